The lowest BCUT2D eigenvalue weighted by Gasteiger charge is -2.13. The van der Waals surface area contributed by atoms with Crippen LogP contribution in [0.15, 0.2) is 35.4 Å². The second-order valence-electron chi connectivity index (χ2n) is 3.45. The number of alkyl halides is 3. The zero-order valence-corrected chi connectivity index (χ0v) is 11.3. The number of ether oxygens (including phenoxy) is 1. The zero-order valence-electron chi connectivity index (χ0n) is 9.16. The highest BCUT2D eigenvalue weighted by molar-refractivity contribution is 14.1. The van der Waals surface area contributed by atoms with Crippen molar-refractivity contribution < 1.29 is 17.9 Å². The van der Waals surface area contributed by atoms with Crippen LogP contribution in [0, 0.1) is 3.57 Å². The Morgan fingerprint density at radius 1 is 1.26 bits per heavy atom. The molecule has 100 valence electrons. The summed E-state index contributed by atoms with van der Waals surface area (Å²) in [5.74, 6) is -0.563. The lowest BCUT2D eigenvalue weighted by Crippen LogP contribution is -2.12. The fraction of sp³-hybridized carbons (Fsp3) is 0.0909. The van der Waals surface area contributed by atoms with E-state index in [9.17, 15) is 18.0 Å². The average molecular weight is 382 g/mol. The van der Waals surface area contributed by atoms with Crippen LogP contribution >= 0.6 is 22.6 Å². The predicted molar refractivity (Wildman–Crippen MR) is 69.1 cm³/mol. The molecule has 0 radical (unpaired) electrons. The maximum atomic E-state index is 12.8. The first-order chi connectivity index (χ1) is 8.89. The molecule has 0 aliphatic heterocycles. The van der Waals surface area contributed by atoms with Crippen LogP contribution in [0.5, 0.6) is 11.6 Å². The summed E-state index contributed by atoms with van der Waals surface area (Å²) < 4.78 is 43.5. The van der Waals surface area contributed by atoms with Gasteiger partial charge in [0.2, 0.25) is 5.88 Å². The molecule has 19 heavy (non-hydrogen) atoms. The third-order valence-electron chi connectivity index (χ3n) is 2.16. The van der Waals surface area contributed by atoms with Crippen molar-refractivity contribution in [3.63, 3.8) is 0 Å². The normalized spacial score (nSPS) is 11.4. The summed E-state index contributed by atoms with van der Waals surface area (Å²) in [5.41, 5.74) is -1.40. The molecule has 0 aliphatic carbocycles. The number of halogens is 4. The molecule has 0 spiro atoms. The molecular weight excluding hydrogens is 376 g/mol. The van der Waals surface area contributed by atoms with E-state index in [1.807, 2.05) is 0 Å². The van der Waals surface area contributed by atoms with E-state index >= 15 is 0 Å². The third kappa shape index (κ3) is 3.06. The summed E-state index contributed by atoms with van der Waals surface area (Å²) in [4.78, 5) is 17.3. The molecule has 2 aromatic rings. The average Bonchev–Trinajstić information content (AvgIpc) is 2.34. The first-order valence-electron chi connectivity index (χ1n) is 4.97. The first kappa shape index (κ1) is 13.8. The van der Waals surface area contributed by atoms with Crippen molar-refractivity contribution in [2.75, 3.05) is 0 Å². The molecule has 1 N–H and O–H groups in total. The van der Waals surface area contributed by atoms with Gasteiger partial charge >= 0.3 is 6.18 Å². The monoisotopic (exact) mass is 382 g/mol. The number of para-hydroxylation sites is 1. The van der Waals surface area contributed by atoms with Crippen LogP contribution in [0.2, 0.25) is 0 Å². The highest BCUT2D eigenvalue weighted by atomic mass is 127. The number of hydrogen-bond donors (Lipinski definition) is 1. The van der Waals surface area contributed by atoms with Crippen LogP contribution in [0.25, 0.3) is 0 Å². The van der Waals surface area contributed by atoms with E-state index in [4.69, 9.17) is 4.74 Å². The van der Waals surface area contributed by atoms with E-state index in [1.165, 1.54) is 18.2 Å². The van der Waals surface area contributed by atoms with E-state index < -0.39 is 23.0 Å². The smallest absolute Gasteiger partial charge is 0.419 e. The van der Waals surface area contributed by atoms with Gasteiger partial charge in [0.15, 0.2) is 0 Å². The third-order valence-corrected chi connectivity index (χ3v) is 3.11. The molecule has 1 heterocycles. The van der Waals surface area contributed by atoms with Crippen molar-refractivity contribution in [3.05, 3.63) is 50.1 Å². The van der Waals surface area contributed by atoms with Crippen LogP contribution in [0.4, 0.5) is 13.2 Å². The standard InChI is InChI=1S/C11H6F3IN2O2/c12-11(13,14)6-3-1-2-4-7(6)19-10-8(15)9(18)16-5-17-10/h1-5H,(H,16,17,18). The lowest BCUT2D eigenvalue weighted by molar-refractivity contribution is -0.138. The van der Waals surface area contributed by atoms with Crippen molar-refractivity contribution >= 4 is 22.6 Å². The number of hydrogen-bond acceptors (Lipinski definition) is 3. The van der Waals surface area contributed by atoms with Crippen LogP contribution in [-0.4, -0.2) is 9.97 Å². The van der Waals surface area contributed by atoms with Gasteiger partial charge in [-0.3, -0.25) is 4.79 Å². The Morgan fingerprint density at radius 2 is 1.95 bits per heavy atom. The molecule has 0 unspecified atom stereocenters. The Labute approximate surface area is 118 Å². The van der Waals surface area contributed by atoms with Gasteiger partial charge in [0.25, 0.3) is 5.56 Å². The SMILES string of the molecule is O=c1[nH]cnc(Oc2ccccc2C(F)(F)F)c1I. The minimum atomic E-state index is -4.54. The fourth-order valence-corrected chi connectivity index (χ4v) is 1.74. The Kier molecular flexibility index (Phi) is 3.78. The molecule has 0 amide bonds. The fourth-order valence-electron chi connectivity index (χ4n) is 1.33. The van der Waals surface area contributed by atoms with E-state index in [0.717, 1.165) is 12.4 Å². The van der Waals surface area contributed by atoms with E-state index in [2.05, 4.69) is 9.97 Å². The number of benzene rings is 1. The molecule has 0 bridgehead atoms. The predicted octanol–water partition coefficient (Wildman–Crippen LogP) is 3.19. The van der Waals surface area contributed by atoms with Crippen molar-refractivity contribution in [3.8, 4) is 11.6 Å². The van der Waals surface area contributed by atoms with E-state index in [0.29, 0.717) is 0 Å². The molecule has 0 aliphatic rings. The Bertz CT molecular complexity index is 655. The zero-order chi connectivity index (χ0) is 14.0. The molecule has 0 saturated carbocycles. The lowest BCUT2D eigenvalue weighted by atomic mass is 10.2. The second-order valence-corrected chi connectivity index (χ2v) is 4.53. The highest BCUT2D eigenvalue weighted by Gasteiger charge is 2.34. The van der Waals surface area contributed by atoms with Crippen molar-refractivity contribution in [2.45, 2.75) is 6.18 Å². The number of nitrogens with one attached hydrogen (secondary N) is 1. The molecule has 0 saturated heterocycles. The Morgan fingerprint density at radius 3 is 2.63 bits per heavy atom. The molecule has 8 heteroatoms. The van der Waals surface area contributed by atoms with Gasteiger partial charge in [-0.05, 0) is 34.7 Å². The molecule has 4 nitrogen and oxygen atoms in total. The number of H-pyrrole nitrogens is 1. The van der Waals surface area contributed by atoms with Gasteiger partial charge in [-0.15, -0.1) is 0 Å². The van der Waals surface area contributed by atoms with Gasteiger partial charge in [0.05, 0.1) is 11.9 Å². The van der Waals surface area contributed by atoms with Crippen LogP contribution in [0.1, 0.15) is 5.56 Å². The number of nitrogens with zero attached hydrogens (tertiary/aromatic N) is 1. The van der Waals surface area contributed by atoms with Crippen LogP contribution in [-0.2, 0) is 6.18 Å². The maximum Gasteiger partial charge on any atom is 0.419 e. The largest absolute Gasteiger partial charge is 0.437 e. The highest BCUT2D eigenvalue weighted by Crippen LogP contribution is 2.37. The number of rotatable bonds is 2. The minimum absolute atomic E-state index is 0.0806. The molecule has 1 aromatic heterocycles. The van der Waals surface area contributed by atoms with Crippen molar-refractivity contribution in [1.82, 2.24) is 9.97 Å². The maximum absolute atomic E-state index is 12.8. The van der Waals surface area contributed by atoms with Gasteiger partial charge in [0, 0.05) is 0 Å². The second kappa shape index (κ2) is 5.19. The molecule has 0 atom stereocenters. The van der Waals surface area contributed by atoms with Gasteiger partial charge in [-0.1, -0.05) is 12.1 Å². The summed E-state index contributed by atoms with van der Waals surface area (Å²) in [7, 11) is 0. The van der Waals surface area contributed by atoms with Crippen LogP contribution in [0.3, 0.4) is 0 Å². The van der Waals surface area contributed by atoms with Crippen molar-refractivity contribution in [1.29, 1.82) is 0 Å². The molecule has 0 fully saturated rings. The Hall–Kier alpha value is -1.58. The van der Waals surface area contributed by atoms with E-state index in [1.54, 1.807) is 22.6 Å². The van der Waals surface area contributed by atoms with E-state index in [-0.39, 0.29) is 9.45 Å². The number of aromatic nitrogens is 2. The van der Waals surface area contributed by atoms with Gasteiger partial charge in [-0.2, -0.15) is 13.2 Å². The Balaban J connectivity index is 2.45. The molecule has 1 aromatic carbocycles. The van der Waals surface area contributed by atoms with Gasteiger partial charge < -0.3 is 9.72 Å². The topological polar surface area (TPSA) is 55.0 Å². The summed E-state index contributed by atoms with van der Waals surface area (Å²) in [5, 5.41) is 0. The summed E-state index contributed by atoms with van der Waals surface area (Å²) in [6.45, 7) is 0. The van der Waals surface area contributed by atoms with Gasteiger partial charge in [0.1, 0.15) is 9.32 Å². The summed E-state index contributed by atoms with van der Waals surface area (Å²) in [6, 6.07) is 4.73. The minimum Gasteiger partial charge on any atom is -0.437 e. The summed E-state index contributed by atoms with van der Waals surface area (Å²) in [6.07, 6.45) is -3.47. The number of aromatic amines is 1. The van der Waals surface area contributed by atoms with Crippen LogP contribution < -0.4 is 10.3 Å². The summed E-state index contributed by atoms with van der Waals surface area (Å²) >= 11 is 1.65. The van der Waals surface area contributed by atoms with Crippen molar-refractivity contribution in [2.24, 2.45) is 0 Å². The molecule has 2 rings (SSSR count). The molecular formula is C11H6F3IN2O2. The first-order valence-corrected chi connectivity index (χ1v) is 6.04. The van der Waals surface area contributed by atoms with Gasteiger partial charge in [-0.25, -0.2) is 4.98 Å². The quantitative estimate of drug-likeness (QED) is 0.812.